The molecule has 0 atom stereocenters. The highest BCUT2D eigenvalue weighted by molar-refractivity contribution is 7.92. The zero-order chi connectivity index (χ0) is 25.3. The Balaban J connectivity index is 1.67. The number of ether oxygens (including phenoxy) is 1. The molecule has 13 heteroatoms. The van der Waals surface area contributed by atoms with Gasteiger partial charge in [0, 0.05) is 6.07 Å². The van der Waals surface area contributed by atoms with Gasteiger partial charge in [-0.3, -0.25) is 14.5 Å². The summed E-state index contributed by atoms with van der Waals surface area (Å²) in [6.07, 6.45) is 0.914. The molecule has 0 amide bonds. The summed E-state index contributed by atoms with van der Waals surface area (Å²) >= 11 is 12.6. The van der Waals surface area contributed by atoms with Crippen LogP contribution in [0.15, 0.2) is 75.3 Å². The number of para-hydroxylation sites is 1. The van der Waals surface area contributed by atoms with Crippen molar-refractivity contribution in [3.63, 3.8) is 0 Å². The lowest BCUT2D eigenvalue weighted by Gasteiger charge is -2.14. The molecule has 0 unspecified atom stereocenters. The predicted octanol–water partition coefficient (Wildman–Crippen LogP) is 3.83. The third-order valence-corrected chi connectivity index (χ3v) is 6.73. The zero-order valence-corrected chi connectivity index (χ0v) is 20.1. The third-order valence-electron chi connectivity index (χ3n) is 4.77. The SMILES string of the molecule is Cc1ccccc1NS(=O)(=O)c1cc(Oc2c(Cl)cc(-n3ncc(=O)[nH]c3=O)cc2Cl)ccc1O. The molecule has 1 aromatic heterocycles. The first-order valence-corrected chi connectivity index (χ1v) is 12.1. The van der Waals surface area contributed by atoms with Crippen LogP contribution in [-0.2, 0) is 10.0 Å². The molecule has 0 bridgehead atoms. The summed E-state index contributed by atoms with van der Waals surface area (Å²) in [6, 6.07) is 13.0. The molecule has 180 valence electrons. The molecule has 0 aliphatic carbocycles. The van der Waals surface area contributed by atoms with E-state index < -0.39 is 31.9 Å². The summed E-state index contributed by atoms with van der Waals surface area (Å²) in [4.78, 5) is 24.9. The number of nitrogens with zero attached hydrogens (tertiary/aromatic N) is 2. The fourth-order valence-corrected chi connectivity index (χ4v) is 4.88. The van der Waals surface area contributed by atoms with E-state index in [1.165, 1.54) is 18.2 Å². The summed E-state index contributed by atoms with van der Waals surface area (Å²) in [5.74, 6) is -0.506. The van der Waals surface area contributed by atoms with Gasteiger partial charge in [-0.15, -0.1) is 0 Å². The number of aromatic nitrogens is 3. The molecule has 0 spiro atoms. The van der Waals surface area contributed by atoms with Crippen LogP contribution in [0, 0.1) is 6.92 Å². The molecule has 0 aliphatic heterocycles. The number of hydrogen-bond acceptors (Lipinski definition) is 7. The Hall–Kier alpha value is -3.80. The van der Waals surface area contributed by atoms with Gasteiger partial charge in [-0.1, -0.05) is 41.4 Å². The van der Waals surface area contributed by atoms with Crippen LogP contribution < -0.4 is 20.7 Å². The van der Waals surface area contributed by atoms with Gasteiger partial charge in [-0.25, -0.2) is 13.2 Å². The number of benzene rings is 3. The predicted molar refractivity (Wildman–Crippen MR) is 131 cm³/mol. The van der Waals surface area contributed by atoms with Crippen LogP contribution in [0.4, 0.5) is 5.69 Å². The van der Waals surface area contributed by atoms with E-state index in [1.54, 1.807) is 31.2 Å². The molecule has 0 radical (unpaired) electrons. The Morgan fingerprint density at radius 1 is 1.06 bits per heavy atom. The van der Waals surface area contributed by atoms with Crippen LogP contribution in [0.2, 0.25) is 10.0 Å². The first-order chi connectivity index (χ1) is 16.5. The van der Waals surface area contributed by atoms with Crippen LogP contribution in [0.25, 0.3) is 5.69 Å². The van der Waals surface area contributed by atoms with Crippen LogP contribution in [0.3, 0.4) is 0 Å². The van der Waals surface area contributed by atoms with E-state index in [0.717, 1.165) is 23.0 Å². The number of phenolic OH excluding ortho intramolecular Hbond substituents is 1. The zero-order valence-electron chi connectivity index (χ0n) is 17.8. The second-order valence-electron chi connectivity index (χ2n) is 7.24. The Kier molecular flexibility index (Phi) is 6.57. The van der Waals surface area contributed by atoms with Gasteiger partial charge in [-0.05, 0) is 42.8 Å². The Morgan fingerprint density at radius 3 is 2.40 bits per heavy atom. The first kappa shape index (κ1) is 24.3. The third kappa shape index (κ3) is 5.16. The molecule has 0 fully saturated rings. The molecule has 3 N–H and O–H groups in total. The fourth-order valence-electron chi connectivity index (χ4n) is 3.08. The number of aromatic hydroxyl groups is 1. The van der Waals surface area contributed by atoms with E-state index in [9.17, 15) is 23.1 Å². The van der Waals surface area contributed by atoms with E-state index in [1.807, 2.05) is 0 Å². The Labute approximate surface area is 208 Å². The van der Waals surface area contributed by atoms with Gasteiger partial charge >= 0.3 is 5.69 Å². The maximum absolute atomic E-state index is 12.9. The number of sulfonamides is 1. The molecule has 4 aromatic rings. The van der Waals surface area contributed by atoms with Gasteiger partial charge in [0.25, 0.3) is 15.6 Å². The van der Waals surface area contributed by atoms with Crippen LogP contribution in [-0.4, -0.2) is 28.3 Å². The summed E-state index contributed by atoms with van der Waals surface area (Å²) in [5.41, 5.74) is -0.264. The minimum atomic E-state index is -4.17. The quantitative estimate of drug-likeness (QED) is 0.341. The normalized spacial score (nSPS) is 11.3. The molecule has 3 aromatic carbocycles. The van der Waals surface area contributed by atoms with E-state index >= 15 is 0 Å². The summed E-state index contributed by atoms with van der Waals surface area (Å²) in [5, 5.41) is 13.9. The second-order valence-corrected chi connectivity index (χ2v) is 9.71. The number of halogens is 2. The van der Waals surface area contributed by atoms with Crippen molar-refractivity contribution in [3.05, 3.63) is 97.2 Å². The second kappa shape index (κ2) is 9.45. The summed E-state index contributed by atoms with van der Waals surface area (Å²) < 4.78 is 34.9. The van der Waals surface area contributed by atoms with Gasteiger partial charge in [0.2, 0.25) is 0 Å². The largest absolute Gasteiger partial charge is 0.507 e. The lowest BCUT2D eigenvalue weighted by molar-refractivity contribution is 0.449. The molecular formula is C22H16Cl2N4O6S. The van der Waals surface area contributed by atoms with Gasteiger partial charge < -0.3 is 9.84 Å². The smallest absolute Gasteiger partial charge is 0.349 e. The van der Waals surface area contributed by atoms with Crippen LogP contribution in [0.1, 0.15) is 5.56 Å². The molecule has 0 saturated heterocycles. The number of nitrogens with one attached hydrogen (secondary N) is 2. The van der Waals surface area contributed by atoms with Gasteiger partial charge in [0.15, 0.2) is 5.75 Å². The molecule has 4 rings (SSSR count). The van der Waals surface area contributed by atoms with Crippen molar-refractivity contribution >= 4 is 38.9 Å². The van der Waals surface area contributed by atoms with Gasteiger partial charge in [0.1, 0.15) is 22.6 Å². The monoisotopic (exact) mass is 534 g/mol. The standard InChI is InChI=1S/C22H16Cl2N4O6S/c1-12-4-2-3-5-17(12)27-35(32,33)19-10-14(6-7-18(19)29)34-21-15(23)8-13(9-16(21)24)28-22(31)26-20(30)11-25-28/h2-11,27,29H,1H3,(H,26,30,31). The number of phenols is 1. The van der Waals surface area contributed by atoms with Gasteiger partial charge in [0.05, 0.1) is 21.4 Å². The van der Waals surface area contributed by atoms with Crippen LogP contribution in [0.5, 0.6) is 17.2 Å². The first-order valence-electron chi connectivity index (χ1n) is 9.82. The summed E-state index contributed by atoms with van der Waals surface area (Å²) in [7, 11) is -4.17. The number of H-pyrrole nitrogens is 1. The molecule has 35 heavy (non-hydrogen) atoms. The topological polar surface area (TPSA) is 143 Å². The highest BCUT2D eigenvalue weighted by atomic mass is 35.5. The van der Waals surface area contributed by atoms with Crippen LogP contribution >= 0.6 is 23.2 Å². The minimum absolute atomic E-state index is 0.0174. The Morgan fingerprint density at radius 2 is 1.74 bits per heavy atom. The average molecular weight is 535 g/mol. The van der Waals surface area contributed by atoms with Crippen molar-refractivity contribution in [3.8, 4) is 22.9 Å². The highest BCUT2D eigenvalue weighted by Crippen LogP contribution is 2.39. The number of anilines is 1. The maximum atomic E-state index is 12.9. The van der Waals surface area contributed by atoms with E-state index in [-0.39, 0.29) is 27.2 Å². The lowest BCUT2D eigenvalue weighted by Crippen LogP contribution is -2.30. The van der Waals surface area contributed by atoms with Crippen molar-refractivity contribution in [1.29, 1.82) is 0 Å². The number of aryl methyl sites for hydroxylation is 1. The van der Waals surface area contributed by atoms with Crippen molar-refractivity contribution < 1.29 is 18.3 Å². The van der Waals surface area contributed by atoms with Crippen molar-refractivity contribution in [2.45, 2.75) is 11.8 Å². The number of rotatable bonds is 6. The Bertz CT molecular complexity index is 1640. The molecule has 0 aliphatic rings. The number of hydrogen-bond donors (Lipinski definition) is 3. The molecule has 1 heterocycles. The maximum Gasteiger partial charge on any atom is 0.349 e. The van der Waals surface area contributed by atoms with Crippen molar-refractivity contribution in [1.82, 2.24) is 14.8 Å². The minimum Gasteiger partial charge on any atom is -0.507 e. The van der Waals surface area contributed by atoms with Crippen molar-refractivity contribution in [2.75, 3.05) is 4.72 Å². The van der Waals surface area contributed by atoms with E-state index in [2.05, 4.69) is 14.8 Å². The molecular weight excluding hydrogens is 519 g/mol. The highest BCUT2D eigenvalue weighted by Gasteiger charge is 2.22. The molecule has 10 nitrogen and oxygen atoms in total. The van der Waals surface area contributed by atoms with E-state index in [0.29, 0.717) is 11.3 Å². The van der Waals surface area contributed by atoms with Gasteiger partial charge in [-0.2, -0.15) is 9.78 Å². The lowest BCUT2D eigenvalue weighted by atomic mass is 10.2. The average Bonchev–Trinajstić information content (AvgIpc) is 2.78. The fraction of sp³-hybridized carbons (Fsp3) is 0.0455. The number of aromatic amines is 1. The summed E-state index contributed by atoms with van der Waals surface area (Å²) in [6.45, 7) is 1.74. The van der Waals surface area contributed by atoms with E-state index in [4.69, 9.17) is 27.9 Å². The molecule has 0 saturated carbocycles. The van der Waals surface area contributed by atoms with Crippen molar-refractivity contribution in [2.24, 2.45) is 0 Å².